The Hall–Kier alpha value is -2.74. The maximum atomic E-state index is 13.1. The minimum atomic E-state index is 0.0486. The van der Waals surface area contributed by atoms with E-state index in [-0.39, 0.29) is 5.91 Å². The van der Waals surface area contributed by atoms with Gasteiger partial charge in [-0.3, -0.25) is 14.5 Å². The van der Waals surface area contributed by atoms with Crippen molar-refractivity contribution in [2.24, 2.45) is 0 Å². The quantitative estimate of drug-likeness (QED) is 0.282. The number of nitrogens with zero attached hydrogens (tertiary/aromatic N) is 2. The molecule has 3 aromatic rings. The topological polar surface area (TPSA) is 49.9 Å². The van der Waals surface area contributed by atoms with Gasteiger partial charge in [-0.05, 0) is 79.1 Å². The SMILES string of the molecule is O=Cc1cc(C2CCC3(CC2)SCCS3)ccc1Oc1ccc(C(=O)N2CCN(Cc3ccccc3)CC2)cc1. The number of carbonyl (C=O) groups excluding carboxylic acids is 2. The lowest BCUT2D eigenvalue weighted by molar-refractivity contribution is 0.0628. The first-order valence-electron chi connectivity index (χ1n) is 14.3. The van der Waals surface area contributed by atoms with Gasteiger partial charge in [-0.1, -0.05) is 36.4 Å². The van der Waals surface area contributed by atoms with Gasteiger partial charge in [0.2, 0.25) is 0 Å². The Morgan fingerprint density at radius 2 is 1.60 bits per heavy atom. The summed E-state index contributed by atoms with van der Waals surface area (Å²) in [4.78, 5) is 29.4. The highest BCUT2D eigenvalue weighted by molar-refractivity contribution is 8.21. The Morgan fingerprint density at radius 1 is 0.900 bits per heavy atom. The Labute approximate surface area is 245 Å². The number of ether oxygens (including phenoxy) is 1. The second-order valence-corrected chi connectivity index (χ2v) is 14.2. The van der Waals surface area contributed by atoms with Crippen LogP contribution in [-0.4, -0.2) is 63.8 Å². The van der Waals surface area contributed by atoms with Crippen molar-refractivity contribution in [1.29, 1.82) is 0 Å². The zero-order valence-electron chi connectivity index (χ0n) is 22.8. The van der Waals surface area contributed by atoms with E-state index in [4.69, 9.17) is 4.74 Å². The zero-order valence-corrected chi connectivity index (χ0v) is 24.4. The summed E-state index contributed by atoms with van der Waals surface area (Å²) in [5, 5.41) is 0. The predicted molar refractivity (Wildman–Crippen MR) is 165 cm³/mol. The standard InChI is InChI=1S/C33H36N2O3S2/c36-24-29-22-28(26-12-14-33(15-13-26)39-20-21-40-33)8-11-31(29)38-30-9-6-27(7-10-30)32(37)35-18-16-34(17-19-35)23-25-4-2-1-3-5-25/h1-11,22,24,26H,12-21,23H2. The number of hydrogen-bond acceptors (Lipinski definition) is 6. The molecule has 5 nitrogen and oxygen atoms in total. The van der Waals surface area contributed by atoms with E-state index < -0.39 is 0 Å². The Balaban J connectivity index is 1.03. The molecular formula is C33H36N2O3S2. The summed E-state index contributed by atoms with van der Waals surface area (Å²) in [6.07, 6.45) is 5.74. The van der Waals surface area contributed by atoms with Crippen LogP contribution in [0.2, 0.25) is 0 Å². The maximum absolute atomic E-state index is 13.1. The first kappa shape index (κ1) is 27.4. The van der Waals surface area contributed by atoms with Gasteiger partial charge in [0.05, 0.1) is 9.64 Å². The molecule has 0 N–H and O–H groups in total. The second kappa shape index (κ2) is 12.4. The average Bonchev–Trinajstić information content (AvgIpc) is 3.46. The largest absolute Gasteiger partial charge is 0.457 e. The Bertz CT molecular complexity index is 1310. The maximum Gasteiger partial charge on any atom is 0.253 e. The Morgan fingerprint density at radius 3 is 2.27 bits per heavy atom. The molecule has 3 fully saturated rings. The normalized spacial score (nSPS) is 19.6. The molecule has 2 heterocycles. The molecule has 0 atom stereocenters. The fourth-order valence-corrected chi connectivity index (χ4v) is 9.40. The molecule has 1 saturated carbocycles. The van der Waals surface area contributed by atoms with Crippen LogP contribution in [0.25, 0.3) is 0 Å². The van der Waals surface area contributed by atoms with Gasteiger partial charge in [-0.2, -0.15) is 0 Å². The van der Waals surface area contributed by atoms with E-state index in [1.54, 1.807) is 0 Å². The van der Waals surface area contributed by atoms with Gasteiger partial charge in [0, 0.05) is 49.8 Å². The van der Waals surface area contributed by atoms with Crippen LogP contribution < -0.4 is 4.74 Å². The highest BCUT2D eigenvalue weighted by Gasteiger charge is 2.39. The van der Waals surface area contributed by atoms with Crippen LogP contribution in [0.15, 0.2) is 72.8 Å². The number of rotatable bonds is 7. The lowest BCUT2D eigenvalue weighted by Crippen LogP contribution is -2.48. The van der Waals surface area contributed by atoms with Gasteiger partial charge in [0.1, 0.15) is 11.5 Å². The van der Waals surface area contributed by atoms with Crippen LogP contribution in [-0.2, 0) is 6.54 Å². The van der Waals surface area contributed by atoms with Crippen LogP contribution >= 0.6 is 23.5 Å². The fourth-order valence-electron chi connectivity index (χ4n) is 6.11. The molecule has 1 aliphatic carbocycles. The lowest BCUT2D eigenvalue weighted by Gasteiger charge is -2.36. The van der Waals surface area contributed by atoms with Gasteiger partial charge in [0.15, 0.2) is 6.29 Å². The van der Waals surface area contributed by atoms with E-state index in [0.29, 0.717) is 32.6 Å². The molecule has 208 valence electrons. The van der Waals surface area contributed by atoms with Gasteiger partial charge < -0.3 is 9.64 Å². The fraction of sp³-hybridized carbons (Fsp3) is 0.394. The summed E-state index contributed by atoms with van der Waals surface area (Å²) in [6.45, 7) is 4.09. The minimum absolute atomic E-state index is 0.0486. The number of thioether (sulfide) groups is 2. The third-order valence-electron chi connectivity index (χ3n) is 8.43. The first-order chi connectivity index (χ1) is 19.6. The molecule has 6 rings (SSSR count). The molecule has 7 heteroatoms. The summed E-state index contributed by atoms with van der Waals surface area (Å²) < 4.78 is 6.54. The van der Waals surface area contributed by atoms with Crippen molar-refractivity contribution in [3.8, 4) is 11.5 Å². The zero-order chi connectivity index (χ0) is 27.4. The molecule has 1 spiro atoms. The molecule has 0 unspecified atom stereocenters. The number of hydrogen-bond donors (Lipinski definition) is 0. The smallest absolute Gasteiger partial charge is 0.253 e. The van der Waals surface area contributed by atoms with Gasteiger partial charge in [0.25, 0.3) is 5.91 Å². The summed E-state index contributed by atoms with van der Waals surface area (Å²) >= 11 is 4.29. The molecule has 0 radical (unpaired) electrons. The first-order valence-corrected chi connectivity index (χ1v) is 16.3. The lowest BCUT2D eigenvalue weighted by atomic mass is 9.83. The van der Waals surface area contributed by atoms with E-state index in [0.717, 1.165) is 39.0 Å². The van der Waals surface area contributed by atoms with Crippen molar-refractivity contribution < 1.29 is 14.3 Å². The Kier molecular flexibility index (Phi) is 8.51. The highest BCUT2D eigenvalue weighted by Crippen LogP contribution is 2.55. The number of aldehydes is 1. The molecule has 40 heavy (non-hydrogen) atoms. The van der Waals surface area contributed by atoms with Crippen LogP contribution in [0, 0.1) is 0 Å². The predicted octanol–water partition coefficient (Wildman–Crippen LogP) is 7.08. The third-order valence-corrected chi connectivity index (χ3v) is 12.1. The molecule has 3 aliphatic rings. The van der Waals surface area contributed by atoms with Crippen molar-refractivity contribution in [2.75, 3.05) is 37.7 Å². The van der Waals surface area contributed by atoms with Crippen LogP contribution in [0.5, 0.6) is 11.5 Å². The summed E-state index contributed by atoms with van der Waals surface area (Å²) in [5.74, 6) is 4.28. The van der Waals surface area contributed by atoms with Crippen LogP contribution in [0.4, 0.5) is 0 Å². The highest BCUT2D eigenvalue weighted by atomic mass is 32.2. The van der Waals surface area contributed by atoms with Crippen molar-refractivity contribution in [2.45, 2.75) is 42.2 Å². The van der Waals surface area contributed by atoms with Crippen LogP contribution in [0.3, 0.4) is 0 Å². The minimum Gasteiger partial charge on any atom is -0.457 e. The van der Waals surface area contributed by atoms with E-state index in [1.807, 2.05) is 47.4 Å². The van der Waals surface area contributed by atoms with Crippen molar-refractivity contribution in [3.63, 3.8) is 0 Å². The summed E-state index contributed by atoms with van der Waals surface area (Å²) in [5.41, 5.74) is 3.77. The van der Waals surface area contributed by atoms with Crippen molar-refractivity contribution in [3.05, 3.63) is 95.1 Å². The second-order valence-electron chi connectivity index (χ2n) is 11.0. The van der Waals surface area contributed by atoms with Crippen LogP contribution in [0.1, 0.15) is 63.4 Å². The van der Waals surface area contributed by atoms with Gasteiger partial charge >= 0.3 is 0 Å². The number of carbonyl (C=O) groups is 2. The van der Waals surface area contributed by atoms with E-state index >= 15 is 0 Å². The molecule has 2 saturated heterocycles. The number of amides is 1. The molecular weight excluding hydrogens is 537 g/mol. The summed E-state index contributed by atoms with van der Waals surface area (Å²) in [7, 11) is 0. The molecule has 0 bridgehead atoms. The summed E-state index contributed by atoms with van der Waals surface area (Å²) in [6, 6.07) is 23.8. The van der Waals surface area contributed by atoms with Gasteiger partial charge in [-0.15, -0.1) is 23.5 Å². The molecule has 3 aromatic carbocycles. The molecule has 1 amide bonds. The average molecular weight is 573 g/mol. The monoisotopic (exact) mass is 572 g/mol. The van der Waals surface area contributed by atoms with E-state index in [1.165, 1.54) is 48.3 Å². The van der Waals surface area contributed by atoms with Gasteiger partial charge in [-0.25, -0.2) is 0 Å². The number of benzene rings is 3. The van der Waals surface area contributed by atoms with E-state index in [2.05, 4.69) is 58.8 Å². The van der Waals surface area contributed by atoms with E-state index in [9.17, 15) is 9.59 Å². The number of piperazine rings is 1. The molecule has 2 aliphatic heterocycles. The van der Waals surface area contributed by atoms with Crippen molar-refractivity contribution >= 4 is 35.7 Å². The third kappa shape index (κ3) is 6.27. The molecule has 0 aromatic heterocycles. The van der Waals surface area contributed by atoms with Crippen molar-refractivity contribution in [1.82, 2.24) is 9.80 Å².